The van der Waals surface area contributed by atoms with E-state index in [9.17, 15) is 0 Å². The van der Waals surface area contributed by atoms with Gasteiger partial charge in [0, 0.05) is 23.7 Å². The molecule has 0 aliphatic heterocycles. The Morgan fingerprint density at radius 3 is 2.65 bits per heavy atom. The van der Waals surface area contributed by atoms with E-state index < -0.39 is 0 Å². The van der Waals surface area contributed by atoms with E-state index in [-0.39, 0.29) is 0 Å². The van der Waals surface area contributed by atoms with E-state index >= 15 is 0 Å². The molecule has 26 heavy (non-hydrogen) atoms. The molecule has 0 saturated heterocycles. The highest BCUT2D eigenvalue weighted by atomic mass is 32.2. The van der Waals surface area contributed by atoms with Gasteiger partial charge in [-0.25, -0.2) is 9.50 Å². The van der Waals surface area contributed by atoms with Crippen LogP contribution in [0.15, 0.2) is 66.0 Å². The number of fused-ring (bicyclic) bond motifs is 1. The molecule has 0 bridgehead atoms. The van der Waals surface area contributed by atoms with Crippen molar-refractivity contribution in [2.75, 3.05) is 0 Å². The second-order valence-electron chi connectivity index (χ2n) is 6.63. The number of nitrogens with zero attached hydrogens (tertiary/aromatic N) is 3. The summed E-state index contributed by atoms with van der Waals surface area (Å²) < 4.78 is 1.93. The third kappa shape index (κ3) is 3.25. The molecule has 0 radical (unpaired) electrons. The quantitative estimate of drug-likeness (QED) is 0.443. The number of benzene rings is 2. The third-order valence-corrected chi connectivity index (χ3v) is 5.69. The zero-order chi connectivity index (χ0) is 18.1. The standard InChI is InChI=1S/C22H21N3S/c1-15-8-9-16(2)18(12-15)14-26-22-21-13-20(24-25(21)11-10-23-22)19-7-5-4-6-17(19)3/h4-13H,14H2,1-3H3. The Balaban J connectivity index is 1.68. The summed E-state index contributed by atoms with van der Waals surface area (Å²) in [5.41, 5.74) is 8.42. The maximum absolute atomic E-state index is 4.75. The van der Waals surface area contributed by atoms with Crippen molar-refractivity contribution in [1.82, 2.24) is 14.6 Å². The van der Waals surface area contributed by atoms with Crippen molar-refractivity contribution in [3.05, 3.63) is 83.2 Å². The molecule has 2 aromatic carbocycles. The van der Waals surface area contributed by atoms with Crippen LogP contribution in [0.2, 0.25) is 0 Å². The van der Waals surface area contributed by atoms with Gasteiger partial charge in [0.15, 0.2) is 0 Å². The van der Waals surface area contributed by atoms with Crippen LogP contribution in [0.4, 0.5) is 0 Å². The van der Waals surface area contributed by atoms with Gasteiger partial charge in [0.1, 0.15) is 5.03 Å². The van der Waals surface area contributed by atoms with Crippen molar-refractivity contribution in [2.45, 2.75) is 31.6 Å². The Morgan fingerprint density at radius 1 is 0.962 bits per heavy atom. The molecule has 0 spiro atoms. The lowest BCUT2D eigenvalue weighted by Gasteiger charge is -2.07. The average molecular weight is 359 g/mol. The molecule has 4 rings (SSSR count). The molecule has 130 valence electrons. The summed E-state index contributed by atoms with van der Waals surface area (Å²) in [5.74, 6) is 0.908. The van der Waals surface area contributed by atoms with Gasteiger partial charge in [0.25, 0.3) is 0 Å². The molecule has 0 atom stereocenters. The van der Waals surface area contributed by atoms with E-state index in [1.807, 2.05) is 16.9 Å². The van der Waals surface area contributed by atoms with E-state index in [0.29, 0.717) is 0 Å². The van der Waals surface area contributed by atoms with Crippen LogP contribution in [0.25, 0.3) is 16.8 Å². The van der Waals surface area contributed by atoms with Gasteiger partial charge in [-0.05, 0) is 43.5 Å². The first kappa shape index (κ1) is 16.9. The lowest BCUT2D eigenvalue weighted by atomic mass is 10.1. The maximum atomic E-state index is 4.75. The lowest BCUT2D eigenvalue weighted by Crippen LogP contribution is -1.93. The molecule has 0 unspecified atom stereocenters. The molecule has 4 heteroatoms. The van der Waals surface area contributed by atoms with E-state index in [1.165, 1.54) is 27.8 Å². The number of thioether (sulfide) groups is 1. The minimum atomic E-state index is 0.908. The van der Waals surface area contributed by atoms with Crippen LogP contribution in [-0.4, -0.2) is 14.6 Å². The summed E-state index contributed by atoms with van der Waals surface area (Å²) in [4.78, 5) is 4.61. The summed E-state index contributed by atoms with van der Waals surface area (Å²) >= 11 is 1.77. The van der Waals surface area contributed by atoms with Crippen molar-refractivity contribution in [1.29, 1.82) is 0 Å². The maximum Gasteiger partial charge on any atom is 0.122 e. The van der Waals surface area contributed by atoms with Crippen molar-refractivity contribution in [3.8, 4) is 11.3 Å². The highest BCUT2D eigenvalue weighted by Crippen LogP contribution is 2.30. The van der Waals surface area contributed by atoms with Gasteiger partial charge in [0.2, 0.25) is 0 Å². The largest absolute Gasteiger partial charge is 0.246 e. The van der Waals surface area contributed by atoms with Gasteiger partial charge in [0.05, 0.1) is 11.2 Å². The Kier molecular flexibility index (Phi) is 4.51. The number of rotatable bonds is 4. The number of aryl methyl sites for hydroxylation is 3. The second kappa shape index (κ2) is 6.96. The molecular weight excluding hydrogens is 338 g/mol. The van der Waals surface area contributed by atoms with Gasteiger partial charge >= 0.3 is 0 Å². The number of hydrogen-bond donors (Lipinski definition) is 0. The lowest BCUT2D eigenvalue weighted by molar-refractivity contribution is 0.920. The first-order valence-corrected chi connectivity index (χ1v) is 9.70. The molecule has 0 amide bonds. The summed E-state index contributed by atoms with van der Waals surface area (Å²) in [5, 5.41) is 5.77. The van der Waals surface area contributed by atoms with Crippen molar-refractivity contribution in [3.63, 3.8) is 0 Å². The summed E-state index contributed by atoms with van der Waals surface area (Å²) in [6.07, 6.45) is 3.74. The van der Waals surface area contributed by atoms with Crippen molar-refractivity contribution >= 4 is 17.3 Å². The molecular formula is C22H21N3S. The average Bonchev–Trinajstić information content (AvgIpc) is 3.07. The van der Waals surface area contributed by atoms with Gasteiger partial charge in [-0.2, -0.15) is 5.10 Å². The molecule has 2 aromatic heterocycles. The molecule has 0 aliphatic carbocycles. The Labute approximate surface area is 158 Å². The van der Waals surface area contributed by atoms with Gasteiger partial charge < -0.3 is 0 Å². The fraction of sp³-hybridized carbons (Fsp3) is 0.182. The van der Waals surface area contributed by atoms with E-state index in [1.54, 1.807) is 11.8 Å². The Morgan fingerprint density at radius 2 is 1.81 bits per heavy atom. The molecule has 3 nitrogen and oxygen atoms in total. The zero-order valence-electron chi connectivity index (χ0n) is 15.2. The molecule has 0 N–H and O–H groups in total. The molecule has 4 aromatic rings. The predicted octanol–water partition coefficient (Wildman–Crippen LogP) is 5.61. The summed E-state index contributed by atoms with van der Waals surface area (Å²) in [6.45, 7) is 6.42. The van der Waals surface area contributed by atoms with Crippen LogP contribution in [-0.2, 0) is 5.75 Å². The smallest absolute Gasteiger partial charge is 0.122 e. The molecule has 0 aliphatic rings. The SMILES string of the molecule is Cc1ccc(C)c(CSc2nccn3nc(-c4ccccc4C)cc23)c1. The fourth-order valence-corrected chi connectivity index (χ4v) is 4.14. The van der Waals surface area contributed by atoms with Crippen LogP contribution < -0.4 is 0 Å². The number of hydrogen-bond acceptors (Lipinski definition) is 3. The summed E-state index contributed by atoms with van der Waals surface area (Å²) in [6, 6.07) is 17.1. The highest BCUT2D eigenvalue weighted by Gasteiger charge is 2.11. The molecule has 2 heterocycles. The van der Waals surface area contributed by atoms with Crippen LogP contribution in [0.1, 0.15) is 22.3 Å². The third-order valence-electron chi connectivity index (χ3n) is 4.64. The first-order valence-electron chi connectivity index (χ1n) is 8.71. The topological polar surface area (TPSA) is 30.2 Å². The first-order chi connectivity index (χ1) is 12.6. The number of aromatic nitrogens is 3. The van der Waals surface area contributed by atoms with E-state index in [2.05, 4.69) is 74.3 Å². The second-order valence-corrected chi connectivity index (χ2v) is 7.59. The highest BCUT2D eigenvalue weighted by molar-refractivity contribution is 7.98. The van der Waals surface area contributed by atoms with E-state index in [4.69, 9.17) is 5.10 Å². The zero-order valence-corrected chi connectivity index (χ0v) is 16.0. The van der Waals surface area contributed by atoms with E-state index in [0.717, 1.165) is 22.0 Å². The summed E-state index contributed by atoms with van der Waals surface area (Å²) in [7, 11) is 0. The predicted molar refractivity (Wildman–Crippen MR) is 109 cm³/mol. The van der Waals surface area contributed by atoms with Crippen LogP contribution in [0, 0.1) is 20.8 Å². The van der Waals surface area contributed by atoms with Gasteiger partial charge in [-0.3, -0.25) is 0 Å². The van der Waals surface area contributed by atoms with Crippen molar-refractivity contribution < 1.29 is 0 Å². The van der Waals surface area contributed by atoms with Crippen molar-refractivity contribution in [2.24, 2.45) is 0 Å². The van der Waals surface area contributed by atoms with Gasteiger partial charge in [-0.15, -0.1) is 0 Å². The Hall–Kier alpha value is -2.59. The van der Waals surface area contributed by atoms with Crippen LogP contribution in [0.5, 0.6) is 0 Å². The van der Waals surface area contributed by atoms with Crippen LogP contribution in [0.3, 0.4) is 0 Å². The molecule has 0 fully saturated rings. The minimum Gasteiger partial charge on any atom is -0.246 e. The monoisotopic (exact) mass is 359 g/mol. The Bertz CT molecular complexity index is 1080. The van der Waals surface area contributed by atoms with Gasteiger partial charge in [-0.1, -0.05) is 59.8 Å². The van der Waals surface area contributed by atoms with Crippen LogP contribution >= 0.6 is 11.8 Å². The minimum absolute atomic E-state index is 0.908. The normalized spacial score (nSPS) is 11.2. The fourth-order valence-electron chi connectivity index (χ4n) is 3.10. The molecule has 0 saturated carbocycles.